The lowest BCUT2D eigenvalue weighted by molar-refractivity contribution is -0.116. The summed E-state index contributed by atoms with van der Waals surface area (Å²) in [6.45, 7) is 1.79. The molecule has 0 aliphatic heterocycles. The molecule has 5 nitrogen and oxygen atoms in total. The van der Waals surface area contributed by atoms with E-state index in [1.807, 2.05) is 37.3 Å². The molecule has 0 radical (unpaired) electrons. The van der Waals surface area contributed by atoms with Gasteiger partial charge in [-0.25, -0.2) is 8.42 Å². The van der Waals surface area contributed by atoms with E-state index in [4.69, 9.17) is 11.6 Å². The maximum absolute atomic E-state index is 13.2. The third-order valence-corrected chi connectivity index (χ3v) is 6.71. The Labute approximate surface area is 182 Å². The summed E-state index contributed by atoms with van der Waals surface area (Å²) in [6, 6.07) is 22.9. The van der Waals surface area contributed by atoms with Crippen LogP contribution in [0.5, 0.6) is 0 Å². The molecule has 0 saturated heterocycles. The van der Waals surface area contributed by atoms with Gasteiger partial charge < -0.3 is 5.32 Å². The maximum Gasteiger partial charge on any atom is 0.243 e. The monoisotopic (exact) mass is 442 g/mol. The molecule has 0 bridgehead atoms. The van der Waals surface area contributed by atoms with Crippen molar-refractivity contribution in [3.63, 3.8) is 0 Å². The summed E-state index contributed by atoms with van der Waals surface area (Å²) in [5.41, 5.74) is 2.52. The van der Waals surface area contributed by atoms with Crippen molar-refractivity contribution in [1.29, 1.82) is 0 Å². The molecule has 0 fully saturated rings. The summed E-state index contributed by atoms with van der Waals surface area (Å²) in [5, 5.41) is 3.28. The van der Waals surface area contributed by atoms with Crippen LogP contribution in [0.1, 0.15) is 11.1 Å². The normalized spacial score (nSPS) is 11.4. The molecule has 0 saturated carbocycles. The molecule has 3 rings (SSSR count). The number of hydrogen-bond acceptors (Lipinski definition) is 3. The highest BCUT2D eigenvalue weighted by Crippen LogP contribution is 2.18. The van der Waals surface area contributed by atoms with Gasteiger partial charge in [-0.1, -0.05) is 59.6 Å². The average Bonchev–Trinajstić information content (AvgIpc) is 2.73. The van der Waals surface area contributed by atoms with Crippen molar-refractivity contribution in [2.75, 3.05) is 18.4 Å². The Hall–Kier alpha value is -2.67. The van der Waals surface area contributed by atoms with Gasteiger partial charge >= 0.3 is 0 Å². The molecular formula is C23H23ClN2O3S. The van der Waals surface area contributed by atoms with Gasteiger partial charge in [0.15, 0.2) is 0 Å². The summed E-state index contributed by atoms with van der Waals surface area (Å²) >= 11 is 5.87. The number of carbonyl (C=O) groups excluding carboxylic acids is 1. The molecule has 1 N–H and O–H groups in total. The van der Waals surface area contributed by atoms with Gasteiger partial charge in [-0.3, -0.25) is 4.79 Å². The maximum atomic E-state index is 13.2. The Morgan fingerprint density at radius 1 is 0.933 bits per heavy atom. The van der Waals surface area contributed by atoms with E-state index in [1.165, 1.54) is 4.31 Å². The van der Waals surface area contributed by atoms with E-state index in [1.54, 1.807) is 48.5 Å². The van der Waals surface area contributed by atoms with Crippen LogP contribution in [0.25, 0.3) is 0 Å². The summed E-state index contributed by atoms with van der Waals surface area (Å²) in [5.74, 6) is -0.416. The van der Waals surface area contributed by atoms with Gasteiger partial charge in [0, 0.05) is 17.3 Å². The third-order valence-electron chi connectivity index (χ3n) is 4.60. The largest absolute Gasteiger partial charge is 0.325 e. The number of amides is 1. The zero-order valence-electron chi connectivity index (χ0n) is 16.6. The molecule has 7 heteroatoms. The highest BCUT2D eigenvalue weighted by molar-refractivity contribution is 7.89. The Morgan fingerprint density at radius 3 is 2.20 bits per heavy atom. The fourth-order valence-electron chi connectivity index (χ4n) is 2.94. The first kappa shape index (κ1) is 22.0. The molecule has 0 aromatic heterocycles. The van der Waals surface area contributed by atoms with Crippen LogP contribution in [-0.2, 0) is 21.2 Å². The van der Waals surface area contributed by atoms with Crippen LogP contribution < -0.4 is 5.32 Å². The van der Waals surface area contributed by atoms with E-state index in [9.17, 15) is 13.2 Å². The molecule has 3 aromatic carbocycles. The van der Waals surface area contributed by atoms with Gasteiger partial charge in [0.1, 0.15) is 0 Å². The number of nitrogens with zero attached hydrogens (tertiary/aromatic N) is 1. The van der Waals surface area contributed by atoms with E-state index in [2.05, 4.69) is 5.32 Å². The van der Waals surface area contributed by atoms with Crippen molar-refractivity contribution in [2.24, 2.45) is 0 Å². The summed E-state index contributed by atoms with van der Waals surface area (Å²) < 4.78 is 27.7. The third kappa shape index (κ3) is 5.92. The molecule has 156 valence electrons. The minimum absolute atomic E-state index is 0.167. The number of hydrogen-bond donors (Lipinski definition) is 1. The van der Waals surface area contributed by atoms with Crippen LogP contribution in [0.15, 0.2) is 83.8 Å². The Bertz CT molecular complexity index is 1080. The predicted octanol–water partition coefficient (Wildman–Crippen LogP) is 4.52. The molecular weight excluding hydrogens is 420 g/mol. The number of halogens is 1. The number of nitrogens with one attached hydrogen (secondary N) is 1. The van der Waals surface area contributed by atoms with Crippen molar-refractivity contribution < 1.29 is 13.2 Å². The van der Waals surface area contributed by atoms with E-state index in [0.717, 1.165) is 11.1 Å². The second-order valence-electron chi connectivity index (χ2n) is 6.94. The molecule has 0 spiro atoms. The van der Waals surface area contributed by atoms with E-state index < -0.39 is 15.9 Å². The van der Waals surface area contributed by atoms with Gasteiger partial charge in [0.2, 0.25) is 15.9 Å². The number of anilines is 1. The molecule has 0 aliphatic carbocycles. The first-order valence-corrected chi connectivity index (χ1v) is 11.3. The van der Waals surface area contributed by atoms with Crippen LogP contribution in [-0.4, -0.2) is 31.7 Å². The number of benzene rings is 3. The molecule has 0 atom stereocenters. The van der Waals surface area contributed by atoms with Gasteiger partial charge in [-0.05, 0) is 55.3 Å². The minimum atomic E-state index is -3.83. The van der Waals surface area contributed by atoms with Crippen LogP contribution in [0.2, 0.25) is 5.02 Å². The highest BCUT2D eigenvalue weighted by atomic mass is 35.5. The van der Waals surface area contributed by atoms with Crippen molar-refractivity contribution in [1.82, 2.24) is 4.31 Å². The van der Waals surface area contributed by atoms with Gasteiger partial charge in [-0.2, -0.15) is 4.31 Å². The summed E-state index contributed by atoms with van der Waals surface area (Å²) in [7, 11) is -3.83. The first-order chi connectivity index (χ1) is 14.3. The lowest BCUT2D eigenvalue weighted by atomic mass is 10.1. The molecule has 3 aromatic rings. The van der Waals surface area contributed by atoms with Crippen molar-refractivity contribution in [3.05, 3.63) is 95.0 Å². The number of carbonyl (C=O) groups is 1. The zero-order chi connectivity index (χ0) is 21.6. The molecule has 0 unspecified atom stereocenters. The van der Waals surface area contributed by atoms with Crippen LogP contribution in [0.3, 0.4) is 0 Å². The van der Waals surface area contributed by atoms with Crippen molar-refractivity contribution >= 4 is 33.2 Å². The van der Waals surface area contributed by atoms with Gasteiger partial charge in [-0.15, -0.1) is 0 Å². The average molecular weight is 443 g/mol. The topological polar surface area (TPSA) is 66.5 Å². The first-order valence-electron chi connectivity index (χ1n) is 9.51. The quantitative estimate of drug-likeness (QED) is 0.557. The van der Waals surface area contributed by atoms with Gasteiger partial charge in [0.05, 0.1) is 11.4 Å². The van der Waals surface area contributed by atoms with Gasteiger partial charge in [0.25, 0.3) is 0 Å². The zero-order valence-corrected chi connectivity index (χ0v) is 18.2. The fourth-order valence-corrected chi connectivity index (χ4v) is 4.46. The highest BCUT2D eigenvalue weighted by Gasteiger charge is 2.26. The van der Waals surface area contributed by atoms with Crippen LogP contribution in [0, 0.1) is 6.92 Å². The molecule has 1 amide bonds. The number of sulfonamides is 1. The van der Waals surface area contributed by atoms with Crippen molar-refractivity contribution in [2.45, 2.75) is 18.2 Å². The Balaban J connectivity index is 1.79. The number of aryl methyl sites for hydroxylation is 1. The van der Waals surface area contributed by atoms with Crippen LogP contribution in [0.4, 0.5) is 5.69 Å². The SMILES string of the molecule is Cc1ccc(S(=O)(=O)N(CCc2ccccc2)CC(=O)Nc2ccc(Cl)cc2)cc1. The Kier molecular flexibility index (Phi) is 7.26. The van der Waals surface area contributed by atoms with E-state index in [-0.39, 0.29) is 18.0 Å². The molecule has 0 heterocycles. The second kappa shape index (κ2) is 9.89. The summed E-state index contributed by atoms with van der Waals surface area (Å²) in [6.07, 6.45) is 0.500. The van der Waals surface area contributed by atoms with E-state index >= 15 is 0 Å². The van der Waals surface area contributed by atoms with Crippen LogP contribution >= 0.6 is 11.6 Å². The molecule has 0 aliphatic rings. The smallest absolute Gasteiger partial charge is 0.243 e. The lowest BCUT2D eigenvalue weighted by Gasteiger charge is -2.22. The fraction of sp³-hybridized carbons (Fsp3) is 0.174. The molecule has 30 heavy (non-hydrogen) atoms. The second-order valence-corrected chi connectivity index (χ2v) is 9.32. The lowest BCUT2D eigenvalue weighted by Crippen LogP contribution is -2.39. The minimum Gasteiger partial charge on any atom is -0.325 e. The standard InChI is InChI=1S/C23H23ClN2O3S/c1-18-7-13-22(14-8-18)30(28,29)26(16-15-19-5-3-2-4-6-19)17-23(27)25-21-11-9-20(24)10-12-21/h2-14H,15-17H2,1H3,(H,25,27). The Morgan fingerprint density at radius 2 is 1.57 bits per heavy atom. The summed E-state index contributed by atoms with van der Waals surface area (Å²) in [4.78, 5) is 12.8. The number of rotatable bonds is 8. The predicted molar refractivity (Wildman–Crippen MR) is 120 cm³/mol. The van der Waals surface area contributed by atoms with E-state index in [0.29, 0.717) is 17.1 Å². The van der Waals surface area contributed by atoms with Crippen molar-refractivity contribution in [3.8, 4) is 0 Å².